The fraction of sp³-hybridized carbons (Fsp3) is 0.0625. The second-order valence-corrected chi connectivity index (χ2v) is 12.1. The van der Waals surface area contributed by atoms with Crippen molar-refractivity contribution in [2.75, 3.05) is 0 Å². The minimum absolute atomic E-state index is 0.369. The van der Waals surface area contributed by atoms with E-state index in [1.807, 2.05) is 73.7 Å². The zero-order chi connectivity index (χ0) is 25.8. The summed E-state index contributed by atoms with van der Waals surface area (Å²) in [4.78, 5) is 0. The van der Waals surface area contributed by atoms with E-state index in [2.05, 4.69) is 24.3 Å². The summed E-state index contributed by atoms with van der Waals surface area (Å²) in [5.41, 5.74) is 0.251. The van der Waals surface area contributed by atoms with Crippen LogP contribution in [0.4, 0.5) is 13.2 Å². The first-order valence-electron chi connectivity index (χ1n) is 12.0. The third kappa shape index (κ3) is 3.84. The molecular weight excluding hydrogens is 488 g/mol. The van der Waals surface area contributed by atoms with Crippen LogP contribution < -0.4 is 15.9 Å². The third-order valence-corrected chi connectivity index (χ3v) is 10.1. The maximum atomic E-state index is 15.1. The highest BCUT2D eigenvalue weighted by atomic mass is 31.2. The number of alkyl halides is 3. The molecule has 0 radical (unpaired) electrons. The van der Waals surface area contributed by atoms with E-state index >= 15 is 4.57 Å². The van der Waals surface area contributed by atoms with E-state index in [1.54, 1.807) is 0 Å². The molecule has 6 aromatic carbocycles. The molecule has 0 heterocycles. The average molecular weight is 510 g/mol. The van der Waals surface area contributed by atoms with Crippen molar-refractivity contribution in [3.05, 3.63) is 126 Å². The SMILES string of the molecule is Cc1ccc(P(=O)(c2ccc(C(F)(F)F)cc2)c2ccc3c4ccccc4c4ccccc4c3c2)cc1. The van der Waals surface area contributed by atoms with Gasteiger partial charge in [-0.1, -0.05) is 103 Å². The van der Waals surface area contributed by atoms with Gasteiger partial charge in [0, 0.05) is 15.9 Å². The molecule has 0 aliphatic carbocycles. The Morgan fingerprint density at radius 3 is 1.41 bits per heavy atom. The highest BCUT2D eigenvalue weighted by Crippen LogP contribution is 2.45. The van der Waals surface area contributed by atoms with Crippen molar-refractivity contribution in [3.8, 4) is 0 Å². The van der Waals surface area contributed by atoms with Crippen LogP contribution in [0, 0.1) is 6.92 Å². The Hall–Kier alpha value is -3.88. The highest BCUT2D eigenvalue weighted by Gasteiger charge is 2.34. The van der Waals surface area contributed by atoms with E-state index in [9.17, 15) is 13.2 Å². The Morgan fingerprint density at radius 2 is 0.919 bits per heavy atom. The van der Waals surface area contributed by atoms with Crippen molar-refractivity contribution >= 4 is 55.4 Å². The lowest BCUT2D eigenvalue weighted by molar-refractivity contribution is -0.137. The number of benzene rings is 6. The summed E-state index contributed by atoms with van der Waals surface area (Å²) < 4.78 is 54.9. The minimum atomic E-state index is -4.46. The van der Waals surface area contributed by atoms with Gasteiger partial charge in [0.2, 0.25) is 0 Å². The van der Waals surface area contributed by atoms with Crippen LogP contribution in [0.15, 0.2) is 115 Å². The molecule has 0 fully saturated rings. The fourth-order valence-corrected chi connectivity index (χ4v) is 7.78. The van der Waals surface area contributed by atoms with Crippen LogP contribution >= 0.6 is 7.14 Å². The Morgan fingerprint density at radius 1 is 0.514 bits per heavy atom. The highest BCUT2D eigenvalue weighted by molar-refractivity contribution is 7.85. The number of hydrogen-bond donors (Lipinski definition) is 0. The molecule has 1 unspecified atom stereocenters. The summed E-state index contributed by atoms with van der Waals surface area (Å²) in [5, 5.41) is 7.93. The molecule has 182 valence electrons. The maximum absolute atomic E-state index is 15.1. The molecule has 6 aromatic rings. The molecule has 0 aliphatic rings. The monoisotopic (exact) mass is 510 g/mol. The van der Waals surface area contributed by atoms with Gasteiger partial charge in [0.1, 0.15) is 0 Å². The van der Waals surface area contributed by atoms with Crippen LogP contribution in [-0.2, 0) is 10.7 Å². The smallest absolute Gasteiger partial charge is 0.309 e. The van der Waals surface area contributed by atoms with E-state index in [4.69, 9.17) is 0 Å². The van der Waals surface area contributed by atoms with Crippen LogP contribution in [0.3, 0.4) is 0 Å². The van der Waals surface area contributed by atoms with E-state index in [0.717, 1.165) is 50.0 Å². The predicted molar refractivity (Wildman–Crippen MR) is 148 cm³/mol. The van der Waals surface area contributed by atoms with Gasteiger partial charge in [0.05, 0.1) is 5.56 Å². The van der Waals surface area contributed by atoms with Gasteiger partial charge >= 0.3 is 6.18 Å². The Labute approximate surface area is 212 Å². The van der Waals surface area contributed by atoms with Gasteiger partial charge < -0.3 is 4.57 Å². The molecule has 0 bridgehead atoms. The molecule has 1 nitrogen and oxygen atoms in total. The quantitative estimate of drug-likeness (QED) is 0.174. The normalized spacial score (nSPS) is 13.7. The van der Waals surface area contributed by atoms with Gasteiger partial charge in [-0.15, -0.1) is 0 Å². The van der Waals surface area contributed by atoms with Crippen molar-refractivity contribution in [2.24, 2.45) is 0 Å². The molecule has 1 atom stereocenters. The van der Waals surface area contributed by atoms with Crippen LogP contribution in [-0.4, -0.2) is 0 Å². The predicted octanol–water partition coefficient (Wildman–Crippen LogP) is 8.11. The molecule has 5 heteroatoms. The first-order valence-corrected chi connectivity index (χ1v) is 13.7. The van der Waals surface area contributed by atoms with Crippen molar-refractivity contribution < 1.29 is 17.7 Å². The van der Waals surface area contributed by atoms with Crippen molar-refractivity contribution in [3.63, 3.8) is 0 Å². The largest absolute Gasteiger partial charge is 0.416 e. The van der Waals surface area contributed by atoms with Gasteiger partial charge in [0.15, 0.2) is 7.14 Å². The fourth-order valence-electron chi connectivity index (χ4n) is 5.15. The first kappa shape index (κ1) is 23.5. The molecule has 0 amide bonds. The number of hydrogen-bond acceptors (Lipinski definition) is 1. The molecule has 0 N–H and O–H groups in total. The van der Waals surface area contributed by atoms with Gasteiger partial charge in [-0.2, -0.15) is 13.2 Å². The lowest BCUT2D eigenvalue weighted by Crippen LogP contribution is -2.25. The molecule has 37 heavy (non-hydrogen) atoms. The van der Waals surface area contributed by atoms with Crippen molar-refractivity contribution in [2.45, 2.75) is 13.1 Å². The van der Waals surface area contributed by atoms with Crippen LogP contribution in [0.5, 0.6) is 0 Å². The van der Waals surface area contributed by atoms with Gasteiger partial charge in [-0.05, 0) is 57.4 Å². The lowest BCUT2D eigenvalue weighted by atomic mass is 9.94. The average Bonchev–Trinajstić information content (AvgIpc) is 2.92. The minimum Gasteiger partial charge on any atom is -0.309 e. The lowest BCUT2D eigenvalue weighted by Gasteiger charge is -2.22. The second-order valence-electron chi connectivity index (χ2n) is 9.31. The Balaban J connectivity index is 1.66. The summed E-state index contributed by atoms with van der Waals surface area (Å²) >= 11 is 0. The molecule has 6 rings (SSSR count). The molecule has 0 aromatic heterocycles. The molecular formula is C32H22F3OP. The van der Waals surface area contributed by atoms with Gasteiger partial charge in [-0.3, -0.25) is 0 Å². The topological polar surface area (TPSA) is 17.1 Å². The molecule has 0 spiro atoms. The summed E-state index contributed by atoms with van der Waals surface area (Å²) in [5.74, 6) is 0. The Bertz CT molecular complexity index is 1800. The summed E-state index contributed by atoms with van der Waals surface area (Å²) in [6.07, 6.45) is -4.46. The number of aryl methyl sites for hydroxylation is 1. The van der Waals surface area contributed by atoms with Crippen molar-refractivity contribution in [1.82, 2.24) is 0 Å². The number of halogens is 3. The zero-order valence-corrected chi connectivity index (χ0v) is 20.9. The standard InChI is InChI=1S/C32H22F3OP/c1-21-10-14-23(15-11-21)37(36,24-16-12-22(13-17-24)32(33,34)35)25-18-19-30-28-8-3-2-6-26(28)27-7-4-5-9-29(27)31(30)20-25/h2-20H,1H3. The summed E-state index contributed by atoms with van der Waals surface area (Å²) in [6.45, 7) is 1.94. The van der Waals surface area contributed by atoms with E-state index in [1.165, 1.54) is 12.1 Å². The van der Waals surface area contributed by atoms with Crippen molar-refractivity contribution in [1.29, 1.82) is 0 Å². The maximum Gasteiger partial charge on any atom is 0.416 e. The van der Waals surface area contributed by atoms with Crippen LogP contribution in [0.1, 0.15) is 11.1 Å². The third-order valence-electron chi connectivity index (χ3n) is 7.05. The zero-order valence-electron chi connectivity index (χ0n) is 20.0. The van der Waals surface area contributed by atoms with Gasteiger partial charge in [0.25, 0.3) is 0 Å². The van der Waals surface area contributed by atoms with E-state index in [-0.39, 0.29) is 0 Å². The van der Waals surface area contributed by atoms with Gasteiger partial charge in [-0.25, -0.2) is 0 Å². The summed E-state index contributed by atoms with van der Waals surface area (Å²) in [7, 11) is -3.48. The molecule has 0 saturated carbocycles. The number of fused-ring (bicyclic) bond motifs is 6. The molecule has 0 saturated heterocycles. The van der Waals surface area contributed by atoms with Crippen LogP contribution in [0.25, 0.3) is 32.3 Å². The second kappa shape index (κ2) is 8.61. The van der Waals surface area contributed by atoms with E-state index < -0.39 is 18.9 Å². The Kier molecular flexibility index (Phi) is 5.47. The van der Waals surface area contributed by atoms with E-state index in [0.29, 0.717) is 15.9 Å². The van der Waals surface area contributed by atoms with Crippen LogP contribution in [0.2, 0.25) is 0 Å². The first-order chi connectivity index (χ1) is 17.8. The summed E-state index contributed by atoms with van der Waals surface area (Å²) in [6, 6.07) is 34.3. The molecule has 0 aliphatic heterocycles. The number of rotatable bonds is 3.